The first-order valence-electron chi connectivity index (χ1n) is 7.17. The molecular weight excluding hydrogens is 295 g/mol. The first kappa shape index (κ1) is 16.1. The highest BCUT2D eigenvalue weighted by Gasteiger charge is 2.23. The molecule has 1 aromatic carbocycles. The van der Waals surface area contributed by atoms with Crippen molar-refractivity contribution >= 4 is 23.2 Å². The molecule has 0 bridgehead atoms. The van der Waals surface area contributed by atoms with Crippen LogP contribution in [0.5, 0.6) is 0 Å². The van der Waals surface area contributed by atoms with Gasteiger partial charge in [-0.1, -0.05) is 36.2 Å². The molecule has 3 nitrogen and oxygen atoms in total. The topological polar surface area (TPSA) is 24.5 Å². The molecule has 1 heterocycles. The minimum Gasteiger partial charge on any atom is -0.378 e. The molecule has 1 aromatic rings. The van der Waals surface area contributed by atoms with E-state index in [9.17, 15) is 0 Å². The van der Waals surface area contributed by atoms with Crippen molar-refractivity contribution in [2.24, 2.45) is 0 Å². The monoisotopic (exact) mass is 316 g/mol. The Kier molecular flexibility index (Phi) is 6.59. The number of nitrogens with one attached hydrogen (secondary N) is 1. The van der Waals surface area contributed by atoms with Crippen molar-refractivity contribution in [3.63, 3.8) is 0 Å². The van der Waals surface area contributed by atoms with Gasteiger partial charge < -0.3 is 10.1 Å². The predicted molar refractivity (Wildman–Crippen MR) is 84.6 cm³/mol. The molecule has 2 rings (SSSR count). The number of ether oxygens (including phenoxy) is 1. The van der Waals surface area contributed by atoms with Crippen molar-refractivity contribution in [3.8, 4) is 0 Å². The van der Waals surface area contributed by atoms with Gasteiger partial charge >= 0.3 is 0 Å². The molecule has 1 aliphatic rings. The normalized spacial score (nSPS) is 20.2. The Morgan fingerprint density at radius 1 is 1.40 bits per heavy atom. The van der Waals surface area contributed by atoms with E-state index in [0.29, 0.717) is 11.1 Å². The van der Waals surface area contributed by atoms with Gasteiger partial charge in [-0.2, -0.15) is 0 Å². The molecule has 1 saturated heterocycles. The van der Waals surface area contributed by atoms with E-state index in [-0.39, 0.29) is 0 Å². The maximum atomic E-state index is 6.27. The molecule has 112 valence electrons. The third-order valence-electron chi connectivity index (χ3n) is 3.54. The Morgan fingerprint density at radius 3 is 3.00 bits per heavy atom. The summed E-state index contributed by atoms with van der Waals surface area (Å²) in [7, 11) is 0. The van der Waals surface area contributed by atoms with Crippen LogP contribution in [-0.4, -0.2) is 43.8 Å². The maximum absolute atomic E-state index is 6.27. The molecule has 1 fully saturated rings. The van der Waals surface area contributed by atoms with Gasteiger partial charge in [-0.05, 0) is 30.7 Å². The maximum Gasteiger partial charge on any atom is 0.0635 e. The summed E-state index contributed by atoms with van der Waals surface area (Å²) in [6, 6.07) is 6.12. The first-order valence-corrected chi connectivity index (χ1v) is 7.92. The van der Waals surface area contributed by atoms with Crippen molar-refractivity contribution < 1.29 is 4.74 Å². The first-order chi connectivity index (χ1) is 9.70. The van der Waals surface area contributed by atoms with E-state index < -0.39 is 0 Å². The molecule has 1 aliphatic heterocycles. The second-order valence-corrected chi connectivity index (χ2v) is 5.98. The number of hydrogen-bond acceptors (Lipinski definition) is 3. The SMILES string of the molecule is CCCNCC1COCCN1Cc1ccc(Cl)cc1Cl. The minimum atomic E-state index is 0.405. The zero-order valence-corrected chi connectivity index (χ0v) is 13.4. The van der Waals surface area contributed by atoms with Crippen LogP contribution in [0.25, 0.3) is 0 Å². The van der Waals surface area contributed by atoms with Crippen LogP contribution in [0, 0.1) is 0 Å². The van der Waals surface area contributed by atoms with E-state index >= 15 is 0 Å². The van der Waals surface area contributed by atoms with Crippen LogP contribution in [0.4, 0.5) is 0 Å². The molecule has 1 unspecified atom stereocenters. The van der Waals surface area contributed by atoms with Crippen LogP contribution in [0.15, 0.2) is 18.2 Å². The quantitative estimate of drug-likeness (QED) is 0.816. The largest absolute Gasteiger partial charge is 0.378 e. The number of nitrogens with zero attached hydrogens (tertiary/aromatic N) is 1. The molecule has 1 atom stereocenters. The van der Waals surface area contributed by atoms with Crippen LogP contribution in [0.2, 0.25) is 10.0 Å². The van der Waals surface area contributed by atoms with E-state index in [1.807, 2.05) is 18.2 Å². The lowest BCUT2D eigenvalue weighted by molar-refractivity contribution is -0.0108. The number of halogens is 2. The summed E-state index contributed by atoms with van der Waals surface area (Å²) < 4.78 is 5.59. The Labute approximate surface area is 131 Å². The molecule has 0 radical (unpaired) electrons. The van der Waals surface area contributed by atoms with E-state index in [4.69, 9.17) is 27.9 Å². The summed E-state index contributed by atoms with van der Waals surface area (Å²) >= 11 is 12.2. The van der Waals surface area contributed by atoms with Crippen molar-refractivity contribution in [3.05, 3.63) is 33.8 Å². The Balaban J connectivity index is 1.97. The average molecular weight is 317 g/mol. The molecule has 20 heavy (non-hydrogen) atoms. The molecule has 0 amide bonds. The van der Waals surface area contributed by atoms with Gasteiger partial charge in [0, 0.05) is 35.7 Å². The fourth-order valence-corrected chi connectivity index (χ4v) is 2.87. The lowest BCUT2D eigenvalue weighted by atomic mass is 10.1. The van der Waals surface area contributed by atoms with Crippen LogP contribution in [-0.2, 0) is 11.3 Å². The van der Waals surface area contributed by atoms with Crippen molar-refractivity contribution in [2.45, 2.75) is 25.9 Å². The average Bonchev–Trinajstić information content (AvgIpc) is 2.44. The third-order valence-corrected chi connectivity index (χ3v) is 4.13. The Hall–Kier alpha value is -0.320. The molecule has 0 aromatic heterocycles. The number of rotatable bonds is 6. The van der Waals surface area contributed by atoms with Crippen molar-refractivity contribution in [1.29, 1.82) is 0 Å². The standard InChI is InChI=1S/C15H22Cl2N2O/c1-2-5-18-9-14-11-20-7-6-19(14)10-12-3-4-13(16)8-15(12)17/h3-4,8,14,18H,2,5-7,9-11H2,1H3. The zero-order chi connectivity index (χ0) is 14.4. The van der Waals surface area contributed by atoms with Gasteiger partial charge in [-0.25, -0.2) is 0 Å². The fourth-order valence-electron chi connectivity index (χ4n) is 2.40. The second kappa shape index (κ2) is 8.20. The second-order valence-electron chi connectivity index (χ2n) is 5.14. The van der Waals surface area contributed by atoms with E-state index in [1.54, 1.807) is 0 Å². The summed E-state index contributed by atoms with van der Waals surface area (Å²) in [5.41, 5.74) is 1.12. The zero-order valence-electron chi connectivity index (χ0n) is 11.9. The summed E-state index contributed by atoms with van der Waals surface area (Å²) in [4.78, 5) is 2.43. The number of hydrogen-bond donors (Lipinski definition) is 1. The molecule has 1 N–H and O–H groups in total. The van der Waals surface area contributed by atoms with Gasteiger partial charge in [0.1, 0.15) is 0 Å². The fraction of sp³-hybridized carbons (Fsp3) is 0.600. The van der Waals surface area contributed by atoms with Gasteiger partial charge in [-0.3, -0.25) is 4.90 Å². The highest BCUT2D eigenvalue weighted by Crippen LogP contribution is 2.23. The molecule has 0 aliphatic carbocycles. The molecular formula is C15H22Cl2N2O. The Bertz CT molecular complexity index is 428. The van der Waals surface area contributed by atoms with Crippen LogP contribution in [0.3, 0.4) is 0 Å². The lowest BCUT2D eigenvalue weighted by Crippen LogP contribution is -2.49. The summed E-state index contributed by atoms with van der Waals surface area (Å²) in [5, 5.41) is 4.89. The smallest absolute Gasteiger partial charge is 0.0635 e. The highest BCUT2D eigenvalue weighted by molar-refractivity contribution is 6.35. The van der Waals surface area contributed by atoms with Crippen LogP contribution < -0.4 is 5.32 Å². The van der Waals surface area contributed by atoms with Crippen molar-refractivity contribution in [2.75, 3.05) is 32.8 Å². The number of morpholine rings is 1. The van der Waals surface area contributed by atoms with Gasteiger partial charge in [0.05, 0.1) is 13.2 Å². The van der Waals surface area contributed by atoms with E-state index in [2.05, 4.69) is 17.1 Å². The summed E-state index contributed by atoms with van der Waals surface area (Å²) in [6.45, 7) is 7.54. The summed E-state index contributed by atoms with van der Waals surface area (Å²) in [6.07, 6.45) is 1.15. The highest BCUT2D eigenvalue weighted by atomic mass is 35.5. The third kappa shape index (κ3) is 4.61. The predicted octanol–water partition coefficient (Wildman–Crippen LogP) is 3.19. The molecule has 0 spiro atoms. The summed E-state index contributed by atoms with van der Waals surface area (Å²) in [5.74, 6) is 0. The Morgan fingerprint density at radius 2 is 2.25 bits per heavy atom. The van der Waals surface area contributed by atoms with Crippen LogP contribution in [0.1, 0.15) is 18.9 Å². The van der Waals surface area contributed by atoms with Gasteiger partial charge in [0.25, 0.3) is 0 Å². The van der Waals surface area contributed by atoms with Gasteiger partial charge in [-0.15, -0.1) is 0 Å². The van der Waals surface area contributed by atoms with Gasteiger partial charge in [0.15, 0.2) is 0 Å². The number of benzene rings is 1. The lowest BCUT2D eigenvalue weighted by Gasteiger charge is -2.36. The van der Waals surface area contributed by atoms with Gasteiger partial charge in [0.2, 0.25) is 0 Å². The molecule has 0 saturated carbocycles. The van der Waals surface area contributed by atoms with Crippen molar-refractivity contribution in [1.82, 2.24) is 10.2 Å². The van der Waals surface area contributed by atoms with E-state index in [1.165, 1.54) is 0 Å². The van der Waals surface area contributed by atoms with Crippen LogP contribution >= 0.6 is 23.2 Å². The minimum absolute atomic E-state index is 0.405. The van der Waals surface area contributed by atoms with E-state index in [0.717, 1.165) is 56.4 Å². The molecule has 5 heteroatoms.